The highest BCUT2D eigenvalue weighted by Gasteiger charge is 2.33. The van der Waals surface area contributed by atoms with Crippen molar-refractivity contribution in [3.05, 3.63) is 64.8 Å². The zero-order valence-electron chi connectivity index (χ0n) is 19.3. The minimum Gasteiger partial charge on any atom is -0.493 e. The van der Waals surface area contributed by atoms with E-state index in [2.05, 4.69) is 12.1 Å². The summed E-state index contributed by atoms with van der Waals surface area (Å²) >= 11 is 1.70. The van der Waals surface area contributed by atoms with Crippen molar-refractivity contribution < 1.29 is 14.3 Å². The van der Waals surface area contributed by atoms with Crippen LogP contribution in [0.1, 0.15) is 52.7 Å². The smallest absolute Gasteiger partial charge is 0.274 e. The topological polar surface area (TPSA) is 51.7 Å². The van der Waals surface area contributed by atoms with Gasteiger partial charge >= 0.3 is 0 Å². The van der Waals surface area contributed by atoms with Gasteiger partial charge in [-0.15, -0.1) is 11.3 Å². The van der Waals surface area contributed by atoms with E-state index in [1.165, 1.54) is 25.7 Å². The van der Waals surface area contributed by atoms with Gasteiger partial charge in [0, 0.05) is 19.0 Å². The summed E-state index contributed by atoms with van der Waals surface area (Å²) in [6.45, 7) is 1.46. The molecule has 2 fully saturated rings. The Morgan fingerprint density at radius 3 is 2.45 bits per heavy atom. The summed E-state index contributed by atoms with van der Waals surface area (Å²) in [5, 5.41) is 1.11. The summed E-state index contributed by atoms with van der Waals surface area (Å²) in [6, 6.07) is 16.2. The van der Waals surface area contributed by atoms with E-state index >= 15 is 0 Å². The Kier molecular flexibility index (Phi) is 6.36. The van der Waals surface area contributed by atoms with Gasteiger partial charge in [-0.2, -0.15) is 0 Å². The fraction of sp³-hybridized carbons (Fsp3) is 0.407. The van der Waals surface area contributed by atoms with Gasteiger partial charge in [-0.1, -0.05) is 36.4 Å². The lowest BCUT2D eigenvalue weighted by molar-refractivity contribution is 0.0745. The fourth-order valence-electron chi connectivity index (χ4n) is 4.11. The molecule has 2 saturated carbocycles. The Morgan fingerprint density at radius 1 is 1.03 bits per heavy atom. The molecule has 0 atom stereocenters. The van der Waals surface area contributed by atoms with Gasteiger partial charge in [0.25, 0.3) is 5.91 Å². The van der Waals surface area contributed by atoms with Crippen LogP contribution in [0.3, 0.4) is 0 Å². The monoisotopic (exact) mass is 462 g/mol. The minimum atomic E-state index is 0.0596. The maximum absolute atomic E-state index is 13.8. The van der Waals surface area contributed by atoms with E-state index in [-0.39, 0.29) is 5.91 Å². The van der Waals surface area contributed by atoms with Crippen molar-refractivity contribution in [2.24, 2.45) is 5.92 Å². The largest absolute Gasteiger partial charge is 0.493 e. The molecule has 0 radical (unpaired) electrons. The third-order valence-electron chi connectivity index (χ3n) is 6.39. The molecule has 0 saturated heterocycles. The first kappa shape index (κ1) is 22.0. The number of carbonyl (C=O) groups excluding carboxylic acids is 1. The first-order chi connectivity index (χ1) is 16.2. The number of ether oxygens (including phenoxy) is 2. The molecular formula is C27H30N2O3S. The summed E-state index contributed by atoms with van der Waals surface area (Å²) < 4.78 is 10.8. The second-order valence-corrected chi connectivity index (χ2v) is 10.0. The Labute approximate surface area is 199 Å². The van der Waals surface area contributed by atoms with Crippen LogP contribution in [-0.2, 0) is 6.42 Å². The standard InChI is InChI=1S/C27H30N2O3S/c1-31-22-13-10-18(16-23(22)32-2)14-15-29(17-19-8-9-19)27(30)24-25(20-6-4-3-5-7-20)33-26(28-24)21-11-12-21/h3-7,10,13,16,19,21H,8-9,11-12,14-15,17H2,1-2H3. The Hall–Kier alpha value is -2.86. The van der Waals surface area contributed by atoms with Gasteiger partial charge in [0.15, 0.2) is 11.5 Å². The molecule has 5 nitrogen and oxygen atoms in total. The van der Waals surface area contributed by atoms with Gasteiger partial charge in [0.1, 0.15) is 5.69 Å². The van der Waals surface area contributed by atoms with Crippen molar-refractivity contribution in [3.8, 4) is 21.9 Å². The van der Waals surface area contributed by atoms with Crippen LogP contribution in [0.4, 0.5) is 0 Å². The third-order valence-corrected chi connectivity index (χ3v) is 7.66. The molecule has 0 N–H and O–H groups in total. The van der Waals surface area contributed by atoms with E-state index in [0.29, 0.717) is 24.1 Å². The Bertz CT molecular complexity index is 1120. The Morgan fingerprint density at radius 2 is 1.79 bits per heavy atom. The number of carbonyl (C=O) groups is 1. The van der Waals surface area contributed by atoms with Gasteiger partial charge < -0.3 is 14.4 Å². The predicted molar refractivity (Wildman–Crippen MR) is 131 cm³/mol. The number of thiazole rings is 1. The van der Waals surface area contributed by atoms with Crippen LogP contribution in [0.2, 0.25) is 0 Å². The molecule has 2 aromatic carbocycles. The quantitative estimate of drug-likeness (QED) is 0.382. The summed E-state index contributed by atoms with van der Waals surface area (Å²) in [5.41, 5.74) is 2.83. The first-order valence-corrected chi connectivity index (χ1v) is 12.5. The SMILES string of the molecule is COc1ccc(CCN(CC2CC2)C(=O)c2nc(C3CC3)sc2-c2ccccc2)cc1OC. The first-order valence-electron chi connectivity index (χ1n) is 11.7. The minimum absolute atomic E-state index is 0.0596. The van der Waals surface area contributed by atoms with Crippen LogP contribution >= 0.6 is 11.3 Å². The normalized spacial score (nSPS) is 15.3. The van der Waals surface area contributed by atoms with E-state index in [1.54, 1.807) is 25.6 Å². The number of benzene rings is 2. The molecular weight excluding hydrogens is 432 g/mol. The van der Waals surface area contributed by atoms with Crippen molar-refractivity contribution in [2.45, 2.75) is 38.0 Å². The average molecular weight is 463 g/mol. The highest BCUT2D eigenvalue weighted by atomic mass is 32.1. The van der Waals surface area contributed by atoms with Crippen LogP contribution in [0.25, 0.3) is 10.4 Å². The van der Waals surface area contributed by atoms with Gasteiger partial charge in [0.2, 0.25) is 0 Å². The van der Waals surface area contributed by atoms with Crippen LogP contribution < -0.4 is 9.47 Å². The van der Waals surface area contributed by atoms with E-state index < -0.39 is 0 Å². The molecule has 172 valence electrons. The lowest BCUT2D eigenvalue weighted by Gasteiger charge is -2.23. The number of rotatable bonds is 10. The van der Waals surface area contributed by atoms with E-state index in [4.69, 9.17) is 14.5 Å². The van der Waals surface area contributed by atoms with Crippen molar-refractivity contribution in [2.75, 3.05) is 27.3 Å². The molecule has 0 aliphatic heterocycles. The maximum Gasteiger partial charge on any atom is 0.274 e. The number of aromatic nitrogens is 1. The number of amides is 1. The molecule has 0 bridgehead atoms. The highest BCUT2D eigenvalue weighted by Crippen LogP contribution is 2.45. The molecule has 2 aliphatic rings. The molecule has 3 aromatic rings. The molecule has 1 aromatic heterocycles. The Balaban J connectivity index is 1.40. The van der Waals surface area contributed by atoms with Crippen LogP contribution in [0, 0.1) is 5.92 Å². The molecule has 5 rings (SSSR count). The maximum atomic E-state index is 13.8. The average Bonchev–Trinajstić information content (AvgIpc) is 3.80. The summed E-state index contributed by atoms with van der Waals surface area (Å²) in [7, 11) is 3.29. The van der Waals surface area contributed by atoms with Crippen molar-refractivity contribution in [3.63, 3.8) is 0 Å². The van der Waals surface area contributed by atoms with E-state index in [1.807, 2.05) is 41.3 Å². The van der Waals surface area contributed by atoms with Crippen LogP contribution in [0.5, 0.6) is 11.5 Å². The number of hydrogen-bond acceptors (Lipinski definition) is 5. The van der Waals surface area contributed by atoms with E-state index in [9.17, 15) is 4.79 Å². The highest BCUT2D eigenvalue weighted by molar-refractivity contribution is 7.15. The summed E-state index contributed by atoms with van der Waals surface area (Å²) in [5.74, 6) is 2.64. The second-order valence-electron chi connectivity index (χ2n) is 9.00. The summed E-state index contributed by atoms with van der Waals surface area (Å²) in [4.78, 5) is 21.8. The van der Waals surface area contributed by atoms with Gasteiger partial charge in [-0.05, 0) is 61.3 Å². The third kappa shape index (κ3) is 5.06. The zero-order valence-corrected chi connectivity index (χ0v) is 20.1. The van der Waals surface area contributed by atoms with Crippen molar-refractivity contribution in [1.82, 2.24) is 9.88 Å². The zero-order chi connectivity index (χ0) is 22.8. The lowest BCUT2D eigenvalue weighted by Crippen LogP contribution is -2.35. The fourth-order valence-corrected chi connectivity index (χ4v) is 5.34. The number of methoxy groups -OCH3 is 2. The predicted octanol–water partition coefficient (Wildman–Crippen LogP) is 5.80. The van der Waals surface area contributed by atoms with Crippen LogP contribution in [0.15, 0.2) is 48.5 Å². The van der Waals surface area contributed by atoms with Crippen molar-refractivity contribution in [1.29, 1.82) is 0 Å². The number of nitrogens with zero attached hydrogens (tertiary/aromatic N) is 2. The molecule has 0 spiro atoms. The number of hydrogen-bond donors (Lipinski definition) is 0. The molecule has 6 heteroatoms. The summed E-state index contributed by atoms with van der Waals surface area (Å²) in [6.07, 6.45) is 5.53. The molecule has 0 unspecified atom stereocenters. The lowest BCUT2D eigenvalue weighted by atomic mass is 10.1. The van der Waals surface area contributed by atoms with Crippen molar-refractivity contribution >= 4 is 17.2 Å². The second kappa shape index (κ2) is 9.56. The molecule has 33 heavy (non-hydrogen) atoms. The van der Waals surface area contributed by atoms with Gasteiger partial charge in [-0.25, -0.2) is 4.98 Å². The molecule has 1 amide bonds. The van der Waals surface area contributed by atoms with Gasteiger partial charge in [0.05, 0.1) is 24.1 Å². The molecule has 1 heterocycles. The van der Waals surface area contributed by atoms with Gasteiger partial charge in [-0.3, -0.25) is 4.79 Å². The van der Waals surface area contributed by atoms with Crippen LogP contribution in [-0.4, -0.2) is 43.1 Å². The molecule has 2 aliphatic carbocycles. The van der Waals surface area contributed by atoms with E-state index in [0.717, 1.165) is 45.5 Å².